The normalized spacial score (nSPS) is 13.3. The number of benzene rings is 18. The van der Waals surface area contributed by atoms with E-state index in [9.17, 15) is 0 Å². The van der Waals surface area contributed by atoms with Gasteiger partial charge in [0.25, 0.3) is 0 Å². The molecule has 0 aliphatic heterocycles. The first kappa shape index (κ1) is 66.0. The van der Waals surface area contributed by atoms with Gasteiger partial charge in [-0.15, -0.1) is 0 Å². The maximum Gasteiger partial charge on any atom is 0.160 e. The lowest BCUT2D eigenvalue weighted by atomic mass is 9.82. The summed E-state index contributed by atoms with van der Waals surface area (Å²) in [6.45, 7) is 9.55. The minimum atomic E-state index is -0.211. The van der Waals surface area contributed by atoms with Crippen LogP contribution in [0, 0.1) is 0 Å². The molecule has 18 aromatic carbocycles. The molecule has 0 radical (unpaired) electrons. The van der Waals surface area contributed by atoms with E-state index >= 15 is 0 Å². The molecular formula is C111H73N5. The van der Waals surface area contributed by atoms with Crippen molar-refractivity contribution < 1.29 is 0 Å². The maximum absolute atomic E-state index is 5.48. The van der Waals surface area contributed by atoms with E-state index in [1.807, 2.05) is 0 Å². The lowest BCUT2D eigenvalue weighted by molar-refractivity contribution is 0.661. The second-order valence-electron chi connectivity index (χ2n) is 32.8. The van der Waals surface area contributed by atoms with Crippen LogP contribution in [0.5, 0.6) is 0 Å². The van der Waals surface area contributed by atoms with Gasteiger partial charge in [0, 0.05) is 82.3 Å². The van der Waals surface area contributed by atoms with Crippen molar-refractivity contribution in [3.63, 3.8) is 0 Å². The summed E-state index contributed by atoms with van der Waals surface area (Å²) in [7, 11) is 0. The zero-order valence-electron chi connectivity index (χ0n) is 64.5. The lowest BCUT2D eigenvalue weighted by Crippen LogP contribution is -2.14. The summed E-state index contributed by atoms with van der Waals surface area (Å²) in [6.07, 6.45) is 0. The number of hydrogen-bond donors (Lipinski definition) is 0. The highest BCUT2D eigenvalue weighted by Crippen LogP contribution is 2.56. The van der Waals surface area contributed by atoms with Gasteiger partial charge in [-0.2, -0.15) is 0 Å². The van der Waals surface area contributed by atoms with Crippen LogP contribution in [0.2, 0.25) is 0 Å². The Bertz CT molecular complexity index is 7840. The summed E-state index contributed by atoms with van der Waals surface area (Å²) in [5, 5.41) is 19.9. The fraction of sp³-hybridized carbons (Fsp3) is 0.0541. The number of pyridine rings is 1. The Balaban J connectivity index is 0.652. The fourth-order valence-corrected chi connectivity index (χ4v) is 20.4. The van der Waals surface area contributed by atoms with Crippen molar-refractivity contribution in [2.24, 2.45) is 0 Å². The van der Waals surface area contributed by atoms with Gasteiger partial charge in [-0.1, -0.05) is 313 Å². The van der Waals surface area contributed by atoms with Crippen LogP contribution in [-0.2, 0) is 10.8 Å². The summed E-state index contributed by atoms with van der Waals surface area (Å²) in [5.74, 6) is 0.670. The Morgan fingerprint density at radius 2 is 0.552 bits per heavy atom. The van der Waals surface area contributed by atoms with E-state index in [1.165, 1.54) is 147 Å². The number of fused-ring (bicyclic) bond motifs is 26. The van der Waals surface area contributed by atoms with Gasteiger partial charge in [0.15, 0.2) is 5.82 Å². The van der Waals surface area contributed by atoms with Crippen LogP contribution in [0.4, 0.5) is 0 Å². The van der Waals surface area contributed by atoms with E-state index in [0.29, 0.717) is 5.82 Å². The third kappa shape index (κ3) is 9.73. The van der Waals surface area contributed by atoms with Crippen molar-refractivity contribution in [2.45, 2.75) is 38.5 Å². The minimum absolute atomic E-state index is 0.190. The molecule has 0 saturated heterocycles. The zero-order valence-corrected chi connectivity index (χ0v) is 64.5. The molecule has 116 heavy (non-hydrogen) atoms. The molecule has 2 aliphatic carbocycles. The van der Waals surface area contributed by atoms with Crippen molar-refractivity contribution in [2.75, 3.05) is 0 Å². The monoisotopic (exact) mass is 1480 g/mol. The summed E-state index contributed by atoms with van der Waals surface area (Å²) >= 11 is 0. The number of rotatable bonds is 9. The second kappa shape index (κ2) is 24.9. The predicted molar refractivity (Wildman–Crippen MR) is 487 cm³/mol. The van der Waals surface area contributed by atoms with E-state index in [1.54, 1.807) is 0 Å². The van der Waals surface area contributed by atoms with Crippen molar-refractivity contribution in [1.29, 1.82) is 0 Å². The van der Waals surface area contributed by atoms with Crippen LogP contribution in [-0.4, -0.2) is 24.1 Å². The third-order valence-corrected chi connectivity index (χ3v) is 25.9. The maximum atomic E-state index is 5.48. The van der Waals surface area contributed by atoms with Gasteiger partial charge in [0.05, 0.1) is 44.8 Å². The smallest absolute Gasteiger partial charge is 0.160 e. The Morgan fingerprint density at radius 1 is 0.190 bits per heavy atom. The van der Waals surface area contributed by atoms with Crippen LogP contribution >= 0.6 is 0 Å². The van der Waals surface area contributed by atoms with Crippen LogP contribution in [0.25, 0.3) is 221 Å². The summed E-state index contributed by atoms with van der Waals surface area (Å²) < 4.78 is 5.04. The van der Waals surface area contributed by atoms with Crippen LogP contribution in [0.1, 0.15) is 49.9 Å². The summed E-state index contributed by atoms with van der Waals surface area (Å²) in [4.78, 5) is 16.3. The quantitative estimate of drug-likeness (QED) is 0.135. The molecule has 2 aliphatic rings. The minimum Gasteiger partial charge on any atom is -0.309 e. The molecule has 0 amide bonds. The van der Waals surface area contributed by atoms with E-state index in [2.05, 4.69) is 407 Å². The molecule has 0 bridgehead atoms. The third-order valence-electron chi connectivity index (χ3n) is 25.9. The Hall–Kier alpha value is -14.7. The van der Waals surface area contributed by atoms with Gasteiger partial charge < -0.3 is 9.13 Å². The highest BCUT2D eigenvalue weighted by atomic mass is 15.0. The number of nitrogens with zero attached hydrogens (tertiary/aromatic N) is 5. The molecular weight excluding hydrogens is 1400 g/mol. The molecule has 24 rings (SSSR count). The van der Waals surface area contributed by atoms with Crippen molar-refractivity contribution >= 4 is 108 Å². The van der Waals surface area contributed by atoms with E-state index in [4.69, 9.17) is 15.0 Å². The molecule has 5 nitrogen and oxygen atoms in total. The molecule has 0 N–H and O–H groups in total. The molecule has 0 atom stereocenters. The number of hydrogen-bond acceptors (Lipinski definition) is 3. The van der Waals surface area contributed by atoms with Gasteiger partial charge in [-0.25, -0.2) is 15.0 Å². The van der Waals surface area contributed by atoms with Gasteiger partial charge in [-0.3, -0.25) is 0 Å². The average molecular weight is 1480 g/mol. The van der Waals surface area contributed by atoms with E-state index in [-0.39, 0.29) is 10.8 Å². The Morgan fingerprint density at radius 3 is 1.08 bits per heavy atom. The molecule has 0 spiro atoms. The highest BCUT2D eigenvalue weighted by molar-refractivity contribution is 6.38. The molecule has 4 aromatic heterocycles. The van der Waals surface area contributed by atoms with Gasteiger partial charge >= 0.3 is 0 Å². The van der Waals surface area contributed by atoms with Crippen LogP contribution in [0.15, 0.2) is 370 Å². The first-order valence-electron chi connectivity index (χ1n) is 40.4. The SMILES string of the molecule is CC1(C)c2ccccc2-c2cc3c4c5c6ccccc6c6ccccc6c5ccc4n(-c4ccc(-c5cc(-c6cccc(-c7cccc8c9ccc%10c(c%11cc%12c(cc%11n%10-c%10ccc(-c%11cc(-c%13ccccc%13)cc(-c%13ccccc%13)n%11)cc%10)C(C)(C)c%10ccccc%10-%12)c9c9ccccc9c78)c6)nc(-c6ccccc6)n5)cc4)c3cc21. The molecule has 4 heterocycles. The highest BCUT2D eigenvalue weighted by Gasteiger charge is 2.39. The van der Waals surface area contributed by atoms with E-state index in [0.717, 1.165) is 89.7 Å². The van der Waals surface area contributed by atoms with Gasteiger partial charge in [-0.05, 0) is 206 Å². The first-order valence-corrected chi connectivity index (χ1v) is 40.4. The molecule has 0 saturated carbocycles. The Kier molecular flexibility index (Phi) is 14.2. The summed E-state index contributed by atoms with van der Waals surface area (Å²) in [6, 6.07) is 137. The zero-order chi connectivity index (χ0) is 76.8. The fourth-order valence-electron chi connectivity index (χ4n) is 20.4. The standard InChI is InChI=1S/C111H73N5/c1-110(2)92-44-22-20-37-80(92)88-61-90-102(63-94(88)110)115(100-56-54-86-79-36-15-14-34-77(79)78-35-16-17-39-82(78)105(86)107(90)100)75-52-48-69(49-53-75)98-65-99(114-109(113-98)70-30-12-7-13-31-70)72-33-24-32-71(58-72)76-42-25-43-84-87-55-57-101-108(106(87)85-41-19-18-40-83(85)104(76)84)91-62-89-81-38-21-23-45-93(81)111(3,4)95(89)64-103(91)116(101)74-50-46-68(47-51-74)97-60-73(66-26-8-5-9-27-66)59-96(112-97)67-28-10-6-11-29-67/h5-65H,1-4H3. The van der Waals surface area contributed by atoms with Gasteiger partial charge in [0.2, 0.25) is 0 Å². The Labute approximate surface area is 671 Å². The molecule has 542 valence electrons. The van der Waals surface area contributed by atoms with Crippen LogP contribution < -0.4 is 0 Å². The molecule has 0 fully saturated rings. The second-order valence-corrected chi connectivity index (χ2v) is 32.8. The van der Waals surface area contributed by atoms with Crippen LogP contribution in [0.3, 0.4) is 0 Å². The average Bonchev–Trinajstić information content (AvgIpc) is 1.27. The van der Waals surface area contributed by atoms with Crippen molar-refractivity contribution in [3.05, 3.63) is 392 Å². The van der Waals surface area contributed by atoms with Crippen molar-refractivity contribution in [1.82, 2.24) is 24.1 Å². The lowest BCUT2D eigenvalue weighted by Gasteiger charge is -2.21. The molecule has 0 unspecified atom stereocenters. The molecule has 22 aromatic rings. The predicted octanol–water partition coefficient (Wildman–Crippen LogP) is 29.3. The largest absolute Gasteiger partial charge is 0.309 e. The molecule has 5 heteroatoms. The van der Waals surface area contributed by atoms with Gasteiger partial charge in [0.1, 0.15) is 0 Å². The first-order chi connectivity index (χ1) is 57.0. The van der Waals surface area contributed by atoms with Crippen molar-refractivity contribution in [3.8, 4) is 112 Å². The topological polar surface area (TPSA) is 48.5 Å². The summed E-state index contributed by atoms with van der Waals surface area (Å²) in [5.41, 5.74) is 30.3. The number of aromatic nitrogens is 5. The van der Waals surface area contributed by atoms with E-state index < -0.39 is 0 Å².